The molecule has 3 nitrogen and oxygen atoms in total. The first-order chi connectivity index (χ1) is 6.76. The highest BCUT2D eigenvalue weighted by molar-refractivity contribution is 5.30. The molecule has 0 spiro atoms. The summed E-state index contributed by atoms with van der Waals surface area (Å²) in [7, 11) is 0. The van der Waals surface area contributed by atoms with Crippen molar-refractivity contribution in [3.63, 3.8) is 0 Å². The normalized spacial score (nSPS) is 12.4. The number of benzene rings is 1. The molecule has 0 aliphatic rings. The van der Waals surface area contributed by atoms with E-state index in [1.807, 2.05) is 13.8 Å². The summed E-state index contributed by atoms with van der Waals surface area (Å²) < 4.78 is 10.9. The van der Waals surface area contributed by atoms with E-state index in [9.17, 15) is 0 Å². The number of aromatic hydroxyl groups is 1. The van der Waals surface area contributed by atoms with Crippen molar-refractivity contribution < 1.29 is 14.6 Å². The number of phenolic OH excluding ortho intramolecular Hbond substituents is 1. The fourth-order valence-corrected chi connectivity index (χ4v) is 1.10. The lowest BCUT2D eigenvalue weighted by atomic mass is 10.3. The first-order valence-electron chi connectivity index (χ1n) is 4.83. The molecule has 0 aliphatic carbocycles. The number of hydrogen-bond donors (Lipinski definition) is 1. The lowest BCUT2D eigenvalue weighted by Crippen LogP contribution is -2.19. The zero-order valence-electron chi connectivity index (χ0n) is 8.56. The van der Waals surface area contributed by atoms with E-state index in [1.165, 1.54) is 0 Å². The van der Waals surface area contributed by atoms with Crippen molar-refractivity contribution in [1.82, 2.24) is 0 Å². The summed E-state index contributed by atoms with van der Waals surface area (Å²) in [5.74, 6) is 0.949. The van der Waals surface area contributed by atoms with Crippen LogP contribution in [0.4, 0.5) is 0 Å². The molecule has 0 radical (unpaired) electrons. The molecular formula is C11H16O3. The summed E-state index contributed by atoms with van der Waals surface area (Å²) in [6.45, 7) is 4.57. The van der Waals surface area contributed by atoms with Gasteiger partial charge in [0.15, 0.2) is 6.29 Å². The molecule has 3 heteroatoms. The Morgan fingerprint density at radius 1 is 1.21 bits per heavy atom. The molecule has 0 saturated carbocycles. The summed E-state index contributed by atoms with van der Waals surface area (Å²) in [6, 6.07) is 6.62. The Morgan fingerprint density at radius 3 is 2.36 bits per heavy atom. The SMILES string of the molecule is CCO[C@H](CC)Oc1ccc(O)cc1. The van der Waals surface area contributed by atoms with Crippen LogP contribution in [0.3, 0.4) is 0 Å². The Labute approximate surface area is 84.3 Å². The van der Waals surface area contributed by atoms with E-state index in [0.717, 1.165) is 6.42 Å². The Balaban J connectivity index is 2.53. The number of rotatable bonds is 5. The van der Waals surface area contributed by atoms with Gasteiger partial charge < -0.3 is 14.6 Å². The van der Waals surface area contributed by atoms with Crippen LogP contribution in [0.2, 0.25) is 0 Å². The van der Waals surface area contributed by atoms with Gasteiger partial charge in [0.1, 0.15) is 11.5 Å². The van der Waals surface area contributed by atoms with Crippen LogP contribution < -0.4 is 4.74 Å². The Kier molecular flexibility index (Phi) is 4.26. The fraction of sp³-hybridized carbons (Fsp3) is 0.455. The molecule has 1 aromatic rings. The molecule has 0 aliphatic heterocycles. The Hall–Kier alpha value is -1.22. The topological polar surface area (TPSA) is 38.7 Å². The molecule has 1 rings (SSSR count). The molecule has 0 unspecified atom stereocenters. The van der Waals surface area contributed by atoms with Gasteiger partial charge in [0, 0.05) is 13.0 Å². The van der Waals surface area contributed by atoms with Crippen LogP contribution >= 0.6 is 0 Å². The van der Waals surface area contributed by atoms with E-state index < -0.39 is 0 Å². The quantitative estimate of drug-likeness (QED) is 0.735. The molecule has 1 N–H and O–H groups in total. The van der Waals surface area contributed by atoms with E-state index in [1.54, 1.807) is 24.3 Å². The van der Waals surface area contributed by atoms with Gasteiger partial charge in [0.2, 0.25) is 0 Å². The Bertz CT molecular complexity index is 256. The predicted molar refractivity (Wildman–Crippen MR) is 54.4 cm³/mol. The van der Waals surface area contributed by atoms with E-state index >= 15 is 0 Å². The van der Waals surface area contributed by atoms with E-state index in [-0.39, 0.29) is 12.0 Å². The highest BCUT2D eigenvalue weighted by atomic mass is 16.7. The van der Waals surface area contributed by atoms with Gasteiger partial charge in [-0.25, -0.2) is 0 Å². The van der Waals surface area contributed by atoms with Crippen LogP contribution in [0.1, 0.15) is 20.3 Å². The smallest absolute Gasteiger partial charge is 0.199 e. The summed E-state index contributed by atoms with van der Waals surface area (Å²) in [4.78, 5) is 0. The van der Waals surface area contributed by atoms with Gasteiger partial charge in [-0.3, -0.25) is 0 Å². The Morgan fingerprint density at radius 2 is 1.86 bits per heavy atom. The van der Waals surface area contributed by atoms with E-state index in [4.69, 9.17) is 14.6 Å². The second-order valence-electron chi connectivity index (χ2n) is 2.90. The minimum Gasteiger partial charge on any atom is -0.508 e. The monoisotopic (exact) mass is 196 g/mol. The highest BCUT2D eigenvalue weighted by Crippen LogP contribution is 2.18. The standard InChI is InChI=1S/C11H16O3/c1-3-11(13-4-2)14-10-7-5-9(12)6-8-10/h5-8,11-12H,3-4H2,1-2H3/t11-/m0/s1. The zero-order valence-corrected chi connectivity index (χ0v) is 8.56. The van der Waals surface area contributed by atoms with Crippen LogP contribution in [-0.2, 0) is 4.74 Å². The zero-order chi connectivity index (χ0) is 10.4. The third kappa shape index (κ3) is 3.26. The van der Waals surface area contributed by atoms with Crippen molar-refractivity contribution in [2.75, 3.05) is 6.61 Å². The van der Waals surface area contributed by atoms with Gasteiger partial charge in [-0.05, 0) is 31.2 Å². The molecule has 0 fully saturated rings. The van der Waals surface area contributed by atoms with Crippen LogP contribution in [0.15, 0.2) is 24.3 Å². The summed E-state index contributed by atoms with van der Waals surface area (Å²) in [6.07, 6.45) is 0.596. The molecule has 1 atom stereocenters. The van der Waals surface area contributed by atoms with Gasteiger partial charge >= 0.3 is 0 Å². The molecule has 0 amide bonds. The lowest BCUT2D eigenvalue weighted by Gasteiger charge is -2.16. The average Bonchev–Trinajstić information content (AvgIpc) is 2.20. The molecule has 0 saturated heterocycles. The number of phenols is 1. The van der Waals surface area contributed by atoms with Gasteiger partial charge in [-0.2, -0.15) is 0 Å². The van der Waals surface area contributed by atoms with Crippen molar-refractivity contribution >= 4 is 0 Å². The van der Waals surface area contributed by atoms with Crippen molar-refractivity contribution in [1.29, 1.82) is 0 Å². The van der Waals surface area contributed by atoms with Crippen LogP contribution in [0.5, 0.6) is 11.5 Å². The first-order valence-corrected chi connectivity index (χ1v) is 4.83. The lowest BCUT2D eigenvalue weighted by molar-refractivity contribution is -0.0766. The maximum Gasteiger partial charge on any atom is 0.199 e. The van der Waals surface area contributed by atoms with Crippen LogP contribution in [-0.4, -0.2) is 18.0 Å². The second-order valence-corrected chi connectivity index (χ2v) is 2.90. The van der Waals surface area contributed by atoms with Crippen molar-refractivity contribution in [2.45, 2.75) is 26.6 Å². The van der Waals surface area contributed by atoms with Gasteiger partial charge in [0.05, 0.1) is 0 Å². The predicted octanol–water partition coefficient (Wildman–Crippen LogP) is 2.54. The van der Waals surface area contributed by atoms with Gasteiger partial charge in [-0.15, -0.1) is 0 Å². The van der Waals surface area contributed by atoms with Crippen molar-refractivity contribution in [2.24, 2.45) is 0 Å². The van der Waals surface area contributed by atoms with Crippen molar-refractivity contribution in [3.05, 3.63) is 24.3 Å². The average molecular weight is 196 g/mol. The maximum atomic E-state index is 9.06. The van der Waals surface area contributed by atoms with Crippen molar-refractivity contribution in [3.8, 4) is 11.5 Å². The molecule has 0 heterocycles. The number of hydrogen-bond acceptors (Lipinski definition) is 3. The van der Waals surface area contributed by atoms with Gasteiger partial charge in [0.25, 0.3) is 0 Å². The van der Waals surface area contributed by atoms with E-state index in [0.29, 0.717) is 12.4 Å². The molecule has 1 aromatic carbocycles. The largest absolute Gasteiger partial charge is 0.508 e. The molecule has 78 valence electrons. The van der Waals surface area contributed by atoms with Crippen LogP contribution in [0.25, 0.3) is 0 Å². The third-order valence-corrected chi connectivity index (χ3v) is 1.79. The summed E-state index contributed by atoms with van der Waals surface area (Å²) >= 11 is 0. The van der Waals surface area contributed by atoms with Crippen LogP contribution in [0, 0.1) is 0 Å². The third-order valence-electron chi connectivity index (χ3n) is 1.79. The highest BCUT2D eigenvalue weighted by Gasteiger charge is 2.06. The molecule has 0 bridgehead atoms. The van der Waals surface area contributed by atoms with E-state index in [2.05, 4.69) is 0 Å². The second kappa shape index (κ2) is 5.50. The first kappa shape index (κ1) is 10.9. The summed E-state index contributed by atoms with van der Waals surface area (Å²) in [5, 5.41) is 9.06. The fourth-order valence-electron chi connectivity index (χ4n) is 1.10. The number of ether oxygens (including phenoxy) is 2. The molecule has 0 aromatic heterocycles. The minimum absolute atomic E-state index is 0.204. The van der Waals surface area contributed by atoms with Gasteiger partial charge in [-0.1, -0.05) is 6.92 Å². The maximum absolute atomic E-state index is 9.06. The molecular weight excluding hydrogens is 180 g/mol. The molecule has 14 heavy (non-hydrogen) atoms. The summed E-state index contributed by atoms with van der Waals surface area (Å²) in [5.41, 5.74) is 0. The minimum atomic E-state index is -0.204.